The second-order valence-electron chi connectivity index (χ2n) is 5.03. The van der Waals surface area contributed by atoms with Gasteiger partial charge < -0.3 is 0 Å². The predicted molar refractivity (Wildman–Crippen MR) is 70.1 cm³/mol. The topological polar surface area (TPSA) is 0 Å². The Morgan fingerprint density at radius 3 is 2.00 bits per heavy atom. The standard InChI is InChI=1S/C13H28S/c1-6-8-11(5)12(9-10(3)4)13(14)7-2/h10-14H,6-9H2,1-5H3. The molecule has 1 heteroatoms. The van der Waals surface area contributed by atoms with E-state index in [4.69, 9.17) is 12.6 Å². The molecule has 0 aliphatic carbocycles. The average Bonchev–Trinajstić information content (AvgIpc) is 2.13. The minimum absolute atomic E-state index is 0.596. The summed E-state index contributed by atoms with van der Waals surface area (Å²) in [5.74, 6) is 2.45. The van der Waals surface area contributed by atoms with E-state index in [-0.39, 0.29) is 0 Å². The Labute approximate surface area is 96.3 Å². The molecule has 0 radical (unpaired) electrons. The van der Waals surface area contributed by atoms with Crippen LogP contribution in [-0.4, -0.2) is 5.25 Å². The Morgan fingerprint density at radius 1 is 1.07 bits per heavy atom. The van der Waals surface area contributed by atoms with Crippen molar-refractivity contribution in [3.8, 4) is 0 Å². The summed E-state index contributed by atoms with van der Waals surface area (Å²) in [5.41, 5.74) is 0. The lowest BCUT2D eigenvalue weighted by Crippen LogP contribution is -2.23. The molecule has 0 saturated carbocycles. The molecule has 0 aromatic rings. The molecule has 0 nitrogen and oxygen atoms in total. The van der Waals surface area contributed by atoms with Crippen LogP contribution in [0.5, 0.6) is 0 Å². The molecular weight excluding hydrogens is 188 g/mol. The highest BCUT2D eigenvalue weighted by molar-refractivity contribution is 7.81. The van der Waals surface area contributed by atoms with Crippen molar-refractivity contribution < 1.29 is 0 Å². The van der Waals surface area contributed by atoms with Gasteiger partial charge in [-0.2, -0.15) is 12.6 Å². The minimum Gasteiger partial charge on any atom is -0.176 e. The summed E-state index contributed by atoms with van der Waals surface area (Å²) in [5, 5.41) is 0.596. The van der Waals surface area contributed by atoms with Gasteiger partial charge in [0.25, 0.3) is 0 Å². The first-order valence-corrected chi connectivity index (χ1v) is 6.72. The highest BCUT2D eigenvalue weighted by atomic mass is 32.1. The molecule has 0 N–H and O–H groups in total. The predicted octanol–water partition coefficient (Wildman–Crippen LogP) is 4.79. The van der Waals surface area contributed by atoms with Crippen molar-refractivity contribution in [3.63, 3.8) is 0 Å². The summed E-state index contributed by atoms with van der Waals surface area (Å²) in [6.45, 7) is 11.6. The Bertz CT molecular complexity index is 131. The molecule has 0 spiro atoms. The maximum atomic E-state index is 4.73. The van der Waals surface area contributed by atoms with E-state index >= 15 is 0 Å². The van der Waals surface area contributed by atoms with Crippen LogP contribution < -0.4 is 0 Å². The van der Waals surface area contributed by atoms with Crippen molar-refractivity contribution >= 4 is 12.6 Å². The average molecular weight is 216 g/mol. The molecule has 0 aliphatic heterocycles. The van der Waals surface area contributed by atoms with Crippen molar-refractivity contribution in [1.82, 2.24) is 0 Å². The number of hydrogen-bond acceptors (Lipinski definition) is 1. The van der Waals surface area contributed by atoms with Gasteiger partial charge in [-0.15, -0.1) is 0 Å². The molecule has 14 heavy (non-hydrogen) atoms. The third kappa shape index (κ3) is 5.29. The lowest BCUT2D eigenvalue weighted by atomic mass is 9.81. The summed E-state index contributed by atoms with van der Waals surface area (Å²) in [4.78, 5) is 0. The van der Waals surface area contributed by atoms with E-state index in [2.05, 4.69) is 34.6 Å². The molecular formula is C13H28S. The fraction of sp³-hybridized carbons (Fsp3) is 1.00. The molecule has 0 saturated heterocycles. The first kappa shape index (κ1) is 14.3. The third-order valence-electron chi connectivity index (χ3n) is 3.13. The SMILES string of the molecule is CCCC(C)C(CC(C)C)C(S)CC. The van der Waals surface area contributed by atoms with E-state index < -0.39 is 0 Å². The van der Waals surface area contributed by atoms with Gasteiger partial charge in [0.15, 0.2) is 0 Å². The van der Waals surface area contributed by atoms with Crippen LogP contribution in [-0.2, 0) is 0 Å². The fourth-order valence-electron chi connectivity index (χ4n) is 2.29. The van der Waals surface area contributed by atoms with E-state index in [1.807, 2.05) is 0 Å². The van der Waals surface area contributed by atoms with Crippen LogP contribution in [0.1, 0.15) is 60.3 Å². The zero-order valence-corrected chi connectivity index (χ0v) is 11.5. The van der Waals surface area contributed by atoms with Crippen LogP contribution >= 0.6 is 12.6 Å². The van der Waals surface area contributed by atoms with Gasteiger partial charge in [-0.05, 0) is 30.6 Å². The lowest BCUT2D eigenvalue weighted by Gasteiger charge is -2.29. The van der Waals surface area contributed by atoms with Gasteiger partial charge in [0.05, 0.1) is 0 Å². The van der Waals surface area contributed by atoms with E-state index in [1.165, 1.54) is 25.7 Å². The molecule has 0 aromatic heterocycles. The largest absolute Gasteiger partial charge is 0.176 e. The maximum Gasteiger partial charge on any atom is 0.00451 e. The quantitative estimate of drug-likeness (QED) is 0.581. The molecule has 0 bridgehead atoms. The third-order valence-corrected chi connectivity index (χ3v) is 3.88. The van der Waals surface area contributed by atoms with Crippen LogP contribution in [0.2, 0.25) is 0 Å². The smallest absolute Gasteiger partial charge is 0.00451 e. The molecule has 0 heterocycles. The van der Waals surface area contributed by atoms with Gasteiger partial charge in [-0.1, -0.05) is 47.5 Å². The summed E-state index contributed by atoms with van der Waals surface area (Å²) in [7, 11) is 0. The minimum atomic E-state index is 0.596. The Balaban J connectivity index is 4.22. The zero-order chi connectivity index (χ0) is 11.1. The van der Waals surface area contributed by atoms with Crippen LogP contribution in [0.4, 0.5) is 0 Å². The van der Waals surface area contributed by atoms with Gasteiger partial charge in [0.1, 0.15) is 0 Å². The van der Waals surface area contributed by atoms with Crippen LogP contribution in [0.3, 0.4) is 0 Å². The molecule has 0 aliphatic rings. The molecule has 86 valence electrons. The normalized spacial score (nSPS) is 18.2. The maximum absolute atomic E-state index is 4.73. The van der Waals surface area contributed by atoms with Crippen LogP contribution in [0.15, 0.2) is 0 Å². The van der Waals surface area contributed by atoms with Gasteiger partial charge in [-0.3, -0.25) is 0 Å². The second-order valence-corrected chi connectivity index (χ2v) is 5.70. The Hall–Kier alpha value is 0.350. The molecule has 3 unspecified atom stereocenters. The van der Waals surface area contributed by atoms with Crippen molar-refractivity contribution in [2.24, 2.45) is 17.8 Å². The summed E-state index contributed by atoms with van der Waals surface area (Å²) < 4.78 is 0. The van der Waals surface area contributed by atoms with Crippen molar-refractivity contribution in [2.75, 3.05) is 0 Å². The van der Waals surface area contributed by atoms with Crippen molar-refractivity contribution in [3.05, 3.63) is 0 Å². The van der Waals surface area contributed by atoms with Gasteiger partial charge in [-0.25, -0.2) is 0 Å². The molecule has 0 amide bonds. The Kier molecular flexibility index (Phi) is 7.81. The summed E-state index contributed by atoms with van der Waals surface area (Å²) >= 11 is 4.73. The van der Waals surface area contributed by atoms with E-state index in [9.17, 15) is 0 Å². The van der Waals surface area contributed by atoms with Gasteiger partial charge >= 0.3 is 0 Å². The monoisotopic (exact) mass is 216 g/mol. The number of thiol groups is 1. The highest BCUT2D eigenvalue weighted by Gasteiger charge is 2.23. The van der Waals surface area contributed by atoms with E-state index in [0.29, 0.717) is 5.25 Å². The number of hydrogen-bond donors (Lipinski definition) is 1. The number of rotatable bonds is 7. The molecule has 0 fully saturated rings. The van der Waals surface area contributed by atoms with Crippen molar-refractivity contribution in [1.29, 1.82) is 0 Å². The lowest BCUT2D eigenvalue weighted by molar-refractivity contribution is 0.274. The first-order valence-electron chi connectivity index (χ1n) is 6.20. The molecule has 3 atom stereocenters. The van der Waals surface area contributed by atoms with Gasteiger partial charge in [0, 0.05) is 5.25 Å². The van der Waals surface area contributed by atoms with E-state index in [1.54, 1.807) is 0 Å². The van der Waals surface area contributed by atoms with Gasteiger partial charge in [0.2, 0.25) is 0 Å². The first-order chi connectivity index (χ1) is 6.52. The van der Waals surface area contributed by atoms with Crippen LogP contribution in [0, 0.1) is 17.8 Å². The summed E-state index contributed by atoms with van der Waals surface area (Å²) in [6.07, 6.45) is 5.20. The highest BCUT2D eigenvalue weighted by Crippen LogP contribution is 2.31. The molecule has 0 aromatic carbocycles. The second kappa shape index (κ2) is 7.62. The summed E-state index contributed by atoms with van der Waals surface area (Å²) in [6, 6.07) is 0. The van der Waals surface area contributed by atoms with E-state index in [0.717, 1.165) is 17.8 Å². The zero-order valence-electron chi connectivity index (χ0n) is 10.6. The van der Waals surface area contributed by atoms with Crippen LogP contribution in [0.25, 0.3) is 0 Å². The fourth-order valence-corrected chi connectivity index (χ4v) is 2.70. The van der Waals surface area contributed by atoms with Crippen molar-refractivity contribution in [2.45, 2.75) is 65.6 Å². The molecule has 0 rings (SSSR count). The Morgan fingerprint density at radius 2 is 1.64 bits per heavy atom.